The van der Waals surface area contributed by atoms with Gasteiger partial charge in [-0.25, -0.2) is 0 Å². The molecule has 2 nitrogen and oxygen atoms in total. The number of aliphatic hydroxyl groups excluding tert-OH is 1. The Bertz CT molecular complexity index is 653. The van der Waals surface area contributed by atoms with E-state index in [2.05, 4.69) is 34.6 Å². The molecule has 0 radical (unpaired) electrons. The summed E-state index contributed by atoms with van der Waals surface area (Å²) in [5.41, 5.74) is 0.593. The average Bonchev–Trinajstić information content (AvgIpc) is 3.05. The van der Waals surface area contributed by atoms with E-state index in [9.17, 15) is 9.90 Å². The van der Waals surface area contributed by atoms with E-state index in [1.165, 1.54) is 64.2 Å². The van der Waals surface area contributed by atoms with Gasteiger partial charge in [0.25, 0.3) is 0 Å². The highest BCUT2D eigenvalue weighted by atomic mass is 16.3. The van der Waals surface area contributed by atoms with Crippen molar-refractivity contribution in [3.05, 3.63) is 0 Å². The second-order valence-electron chi connectivity index (χ2n) is 13.3. The van der Waals surface area contributed by atoms with Gasteiger partial charge in [0.1, 0.15) is 5.78 Å². The SMILES string of the molecule is CC(C)CCC[C@@H](C)[C@H]1CC[C@H]2[C@@H]3C(=O)[C@H](C(C)O)[C@@H]4CCCC[C@]4(C)[C@H]3CC[C@]12C. The second-order valence-corrected chi connectivity index (χ2v) is 13.3. The monoisotopic (exact) mass is 430 g/mol. The molecule has 0 aliphatic heterocycles. The summed E-state index contributed by atoms with van der Waals surface area (Å²) in [4.78, 5) is 14.0. The highest BCUT2D eigenvalue weighted by molar-refractivity contribution is 5.86. The summed E-state index contributed by atoms with van der Waals surface area (Å²) in [5.74, 6) is 4.44. The lowest BCUT2D eigenvalue weighted by molar-refractivity contribution is -0.175. The molecule has 2 heteroatoms. The Balaban J connectivity index is 1.59. The van der Waals surface area contributed by atoms with Crippen molar-refractivity contribution in [3.63, 3.8) is 0 Å². The molecule has 4 saturated carbocycles. The van der Waals surface area contributed by atoms with Gasteiger partial charge in [-0.15, -0.1) is 0 Å². The fourth-order valence-corrected chi connectivity index (χ4v) is 9.73. The van der Waals surface area contributed by atoms with Crippen molar-refractivity contribution in [2.45, 2.75) is 118 Å². The van der Waals surface area contributed by atoms with Gasteiger partial charge in [-0.2, -0.15) is 0 Å². The first kappa shape index (κ1) is 23.8. The summed E-state index contributed by atoms with van der Waals surface area (Å²) in [5, 5.41) is 10.8. The van der Waals surface area contributed by atoms with E-state index in [1.807, 2.05) is 6.92 Å². The molecule has 31 heavy (non-hydrogen) atoms. The van der Waals surface area contributed by atoms with Gasteiger partial charge in [-0.05, 0) is 91.8 Å². The molecule has 0 saturated heterocycles. The summed E-state index contributed by atoms with van der Waals surface area (Å²) in [6.45, 7) is 14.2. The molecule has 0 amide bonds. The van der Waals surface area contributed by atoms with Crippen LogP contribution in [0.2, 0.25) is 0 Å². The largest absolute Gasteiger partial charge is 0.393 e. The van der Waals surface area contributed by atoms with E-state index < -0.39 is 6.10 Å². The van der Waals surface area contributed by atoms with Crippen LogP contribution in [0, 0.1) is 58.2 Å². The smallest absolute Gasteiger partial charge is 0.142 e. The van der Waals surface area contributed by atoms with Crippen molar-refractivity contribution >= 4 is 5.78 Å². The van der Waals surface area contributed by atoms with Gasteiger partial charge >= 0.3 is 0 Å². The predicted molar refractivity (Wildman–Crippen MR) is 129 cm³/mol. The van der Waals surface area contributed by atoms with Gasteiger partial charge in [0, 0.05) is 11.8 Å². The number of carbonyl (C=O) groups is 1. The Kier molecular flexibility index (Phi) is 6.73. The van der Waals surface area contributed by atoms with Gasteiger partial charge in [-0.3, -0.25) is 4.79 Å². The first-order valence-corrected chi connectivity index (χ1v) is 13.8. The van der Waals surface area contributed by atoms with Crippen LogP contribution in [0.5, 0.6) is 0 Å². The van der Waals surface area contributed by atoms with Gasteiger partial charge in [-0.1, -0.05) is 66.7 Å². The standard InChI is InChI=1S/C29H50O2/c1-18(2)10-9-11-19(3)21-13-14-23-26-24(15-17-29(21,23)6)28(5)16-8-7-12-22(28)25(20(4)30)27(26)31/h18-26,30H,7-17H2,1-6H3/t19-,20?,21-,22+,23+,24+,25-,26+,28+,29-/m1/s1. The van der Waals surface area contributed by atoms with Crippen LogP contribution in [-0.4, -0.2) is 17.0 Å². The first-order chi connectivity index (χ1) is 14.6. The number of ketones is 1. The van der Waals surface area contributed by atoms with Crippen LogP contribution in [0.25, 0.3) is 0 Å². The van der Waals surface area contributed by atoms with Gasteiger partial charge in [0.15, 0.2) is 0 Å². The van der Waals surface area contributed by atoms with Crippen LogP contribution in [-0.2, 0) is 4.79 Å². The zero-order chi connectivity index (χ0) is 22.6. The van der Waals surface area contributed by atoms with Crippen LogP contribution in [0.15, 0.2) is 0 Å². The Morgan fingerprint density at radius 2 is 1.58 bits per heavy atom. The minimum Gasteiger partial charge on any atom is -0.393 e. The molecule has 1 N–H and O–H groups in total. The van der Waals surface area contributed by atoms with E-state index in [0.717, 1.165) is 24.2 Å². The van der Waals surface area contributed by atoms with Crippen LogP contribution in [0.4, 0.5) is 0 Å². The molecule has 10 atom stereocenters. The van der Waals surface area contributed by atoms with Crippen LogP contribution < -0.4 is 0 Å². The molecule has 0 aromatic carbocycles. The normalized spacial score (nSPS) is 46.9. The lowest BCUT2D eigenvalue weighted by Gasteiger charge is -2.62. The molecule has 0 spiro atoms. The third kappa shape index (κ3) is 3.85. The van der Waals surface area contributed by atoms with Gasteiger partial charge in [0.05, 0.1) is 6.10 Å². The molecule has 0 aromatic rings. The van der Waals surface area contributed by atoms with Crippen molar-refractivity contribution in [1.82, 2.24) is 0 Å². The molecule has 4 aliphatic rings. The fourth-order valence-electron chi connectivity index (χ4n) is 9.73. The molecule has 0 bridgehead atoms. The molecular weight excluding hydrogens is 380 g/mol. The molecule has 0 heterocycles. The third-order valence-electron chi connectivity index (χ3n) is 11.3. The van der Waals surface area contributed by atoms with E-state index >= 15 is 0 Å². The predicted octanol–water partition coefficient (Wildman–Crippen LogP) is 7.28. The number of carbonyl (C=O) groups excluding carboxylic acids is 1. The maximum atomic E-state index is 14.0. The molecule has 4 fully saturated rings. The Hall–Kier alpha value is -0.370. The summed E-state index contributed by atoms with van der Waals surface area (Å²) in [6.07, 6.45) is 13.7. The number of hydrogen-bond donors (Lipinski definition) is 1. The average molecular weight is 431 g/mol. The maximum Gasteiger partial charge on any atom is 0.142 e. The van der Waals surface area contributed by atoms with Crippen molar-refractivity contribution in [1.29, 1.82) is 0 Å². The number of hydrogen-bond acceptors (Lipinski definition) is 2. The highest BCUT2D eigenvalue weighted by Crippen LogP contribution is 2.68. The van der Waals surface area contributed by atoms with E-state index in [0.29, 0.717) is 29.0 Å². The maximum absolute atomic E-state index is 14.0. The molecule has 1 unspecified atom stereocenters. The lowest BCUT2D eigenvalue weighted by atomic mass is 9.42. The minimum atomic E-state index is -0.490. The topological polar surface area (TPSA) is 37.3 Å². The zero-order valence-electron chi connectivity index (χ0n) is 21.3. The third-order valence-corrected chi connectivity index (χ3v) is 11.3. The van der Waals surface area contributed by atoms with E-state index in [4.69, 9.17) is 0 Å². The number of fused-ring (bicyclic) bond motifs is 5. The molecular formula is C29H50O2. The Morgan fingerprint density at radius 1 is 0.871 bits per heavy atom. The summed E-state index contributed by atoms with van der Waals surface area (Å²) in [6, 6.07) is 0. The van der Waals surface area contributed by atoms with E-state index in [-0.39, 0.29) is 17.3 Å². The Morgan fingerprint density at radius 3 is 2.26 bits per heavy atom. The highest BCUT2D eigenvalue weighted by Gasteiger charge is 2.65. The van der Waals surface area contributed by atoms with Crippen LogP contribution in [0.1, 0.15) is 112 Å². The quantitative estimate of drug-likeness (QED) is 0.480. The summed E-state index contributed by atoms with van der Waals surface area (Å²) >= 11 is 0. The number of Topliss-reactive ketones (excluding diaryl/α,β-unsaturated/α-hetero) is 1. The van der Waals surface area contributed by atoms with Crippen molar-refractivity contribution in [2.75, 3.05) is 0 Å². The van der Waals surface area contributed by atoms with E-state index in [1.54, 1.807) is 0 Å². The fraction of sp³-hybridized carbons (Fsp3) is 0.966. The number of aliphatic hydroxyl groups is 1. The first-order valence-electron chi connectivity index (χ1n) is 13.8. The van der Waals surface area contributed by atoms with Crippen LogP contribution in [0.3, 0.4) is 0 Å². The summed E-state index contributed by atoms with van der Waals surface area (Å²) in [7, 11) is 0. The molecule has 4 rings (SSSR count). The summed E-state index contributed by atoms with van der Waals surface area (Å²) < 4.78 is 0. The number of rotatable bonds is 6. The molecule has 4 aliphatic carbocycles. The van der Waals surface area contributed by atoms with Gasteiger partial charge < -0.3 is 5.11 Å². The van der Waals surface area contributed by atoms with Crippen molar-refractivity contribution in [2.24, 2.45) is 58.2 Å². The molecule has 178 valence electrons. The van der Waals surface area contributed by atoms with Crippen LogP contribution >= 0.6 is 0 Å². The zero-order valence-corrected chi connectivity index (χ0v) is 21.3. The second kappa shape index (κ2) is 8.77. The van der Waals surface area contributed by atoms with Gasteiger partial charge in [0.2, 0.25) is 0 Å². The van der Waals surface area contributed by atoms with Crippen molar-refractivity contribution < 1.29 is 9.90 Å². The Labute approximate surface area is 192 Å². The lowest BCUT2D eigenvalue weighted by Crippen LogP contribution is -2.61. The minimum absolute atomic E-state index is 0.114. The molecule has 0 aromatic heterocycles. The van der Waals surface area contributed by atoms with Crippen molar-refractivity contribution in [3.8, 4) is 0 Å².